The molecule has 2 amide bonds. The Labute approximate surface area is 105 Å². The highest BCUT2D eigenvalue weighted by atomic mass is 35.5. The summed E-state index contributed by atoms with van der Waals surface area (Å²) in [4.78, 5) is 23.8. The Morgan fingerprint density at radius 3 is 2.94 bits per heavy atom. The minimum atomic E-state index is -0.560. The molecule has 1 N–H and O–H groups in total. The van der Waals surface area contributed by atoms with Crippen LogP contribution in [0.4, 0.5) is 10.5 Å². The Bertz CT molecular complexity index is 474. The van der Waals surface area contributed by atoms with Gasteiger partial charge in [-0.3, -0.25) is 9.59 Å². The normalized spacial score (nSPS) is 14.5. The highest BCUT2D eigenvalue weighted by molar-refractivity contribution is 6.62. The summed E-state index contributed by atoms with van der Waals surface area (Å²) in [6.45, 7) is 0.410. The van der Waals surface area contributed by atoms with E-state index in [-0.39, 0.29) is 5.91 Å². The molecular weight excluding hydrogens is 240 g/mol. The molecule has 0 aliphatic carbocycles. The van der Waals surface area contributed by atoms with Crippen molar-refractivity contribution in [2.75, 3.05) is 11.9 Å². The Morgan fingerprint density at radius 2 is 2.24 bits per heavy atom. The molecule has 0 atom stereocenters. The van der Waals surface area contributed by atoms with E-state index in [1.54, 1.807) is 11.9 Å². The van der Waals surface area contributed by atoms with Crippen LogP contribution in [0, 0.1) is 0 Å². The molecule has 1 aromatic carbocycles. The van der Waals surface area contributed by atoms with Crippen molar-refractivity contribution in [1.29, 1.82) is 0 Å². The van der Waals surface area contributed by atoms with Gasteiger partial charge in [0.15, 0.2) is 0 Å². The summed E-state index contributed by atoms with van der Waals surface area (Å²) in [6.07, 6.45) is 1.29. The Balaban J connectivity index is 2.20. The molecule has 1 aromatic rings. The SMILES string of the molecule is CN1C(=O)CCc2cc(CNC(=O)Cl)ccc21. The molecule has 0 spiro atoms. The number of hydrogen-bond acceptors (Lipinski definition) is 2. The third-order valence-corrected chi connectivity index (χ3v) is 3.05. The van der Waals surface area contributed by atoms with Crippen molar-refractivity contribution in [3.63, 3.8) is 0 Å². The van der Waals surface area contributed by atoms with Crippen LogP contribution in [0.1, 0.15) is 17.5 Å². The van der Waals surface area contributed by atoms with E-state index in [9.17, 15) is 9.59 Å². The summed E-state index contributed by atoms with van der Waals surface area (Å²) < 4.78 is 0. The van der Waals surface area contributed by atoms with E-state index in [0.29, 0.717) is 13.0 Å². The van der Waals surface area contributed by atoms with Gasteiger partial charge in [0.2, 0.25) is 5.91 Å². The molecule has 1 aliphatic rings. The fourth-order valence-corrected chi connectivity index (χ4v) is 2.06. The van der Waals surface area contributed by atoms with E-state index in [1.807, 2.05) is 18.2 Å². The standard InChI is InChI=1S/C12H13ClN2O2/c1-15-10-4-2-8(7-14-12(13)17)6-9(10)3-5-11(15)16/h2,4,6H,3,5,7H2,1H3,(H,14,17). The molecule has 0 saturated carbocycles. The maximum atomic E-state index is 11.5. The minimum absolute atomic E-state index is 0.138. The quantitative estimate of drug-likeness (QED) is 0.647. The Morgan fingerprint density at radius 1 is 1.47 bits per heavy atom. The summed E-state index contributed by atoms with van der Waals surface area (Å²) in [5.41, 5.74) is 3.07. The first kappa shape index (κ1) is 11.9. The lowest BCUT2D eigenvalue weighted by Crippen LogP contribution is -2.31. The first-order valence-electron chi connectivity index (χ1n) is 5.39. The molecule has 0 unspecified atom stereocenters. The first-order valence-corrected chi connectivity index (χ1v) is 5.77. The number of nitrogens with one attached hydrogen (secondary N) is 1. The monoisotopic (exact) mass is 252 g/mol. The van der Waals surface area contributed by atoms with Gasteiger partial charge in [0, 0.05) is 25.7 Å². The number of halogens is 1. The largest absolute Gasteiger partial charge is 0.339 e. The lowest BCUT2D eigenvalue weighted by atomic mass is 9.99. The number of rotatable bonds is 2. The van der Waals surface area contributed by atoms with E-state index in [1.165, 1.54) is 0 Å². The van der Waals surface area contributed by atoms with Crippen LogP contribution < -0.4 is 10.2 Å². The molecule has 0 fully saturated rings. The van der Waals surface area contributed by atoms with Crippen molar-refractivity contribution >= 4 is 28.6 Å². The summed E-state index contributed by atoms with van der Waals surface area (Å²) in [5, 5.41) is 1.97. The molecule has 1 aliphatic heterocycles. The summed E-state index contributed by atoms with van der Waals surface area (Å²) >= 11 is 5.21. The summed E-state index contributed by atoms with van der Waals surface area (Å²) in [7, 11) is 1.78. The maximum absolute atomic E-state index is 11.5. The molecule has 2 rings (SSSR count). The van der Waals surface area contributed by atoms with Crippen LogP contribution in [0.3, 0.4) is 0 Å². The van der Waals surface area contributed by atoms with E-state index in [4.69, 9.17) is 11.6 Å². The number of hydrogen-bond donors (Lipinski definition) is 1. The van der Waals surface area contributed by atoms with Crippen molar-refractivity contribution in [1.82, 2.24) is 5.32 Å². The van der Waals surface area contributed by atoms with Crippen molar-refractivity contribution in [2.45, 2.75) is 19.4 Å². The van der Waals surface area contributed by atoms with Gasteiger partial charge in [0.05, 0.1) is 0 Å². The molecule has 0 radical (unpaired) electrons. The first-order chi connectivity index (χ1) is 8.08. The van der Waals surface area contributed by atoms with E-state index in [2.05, 4.69) is 5.32 Å². The molecular formula is C12H13ClN2O2. The van der Waals surface area contributed by atoms with Crippen molar-refractivity contribution in [3.8, 4) is 0 Å². The van der Waals surface area contributed by atoms with E-state index >= 15 is 0 Å². The average Bonchev–Trinajstić information content (AvgIpc) is 2.31. The number of benzene rings is 1. The van der Waals surface area contributed by atoms with Crippen LogP contribution in [0.2, 0.25) is 0 Å². The third-order valence-electron chi connectivity index (χ3n) is 2.92. The van der Waals surface area contributed by atoms with Crippen LogP contribution in [0.5, 0.6) is 0 Å². The Hall–Kier alpha value is -1.55. The molecule has 1 heterocycles. The lowest BCUT2D eigenvalue weighted by Gasteiger charge is -2.26. The van der Waals surface area contributed by atoms with E-state index < -0.39 is 5.37 Å². The second-order valence-electron chi connectivity index (χ2n) is 4.04. The molecule has 5 heteroatoms. The summed E-state index contributed by atoms with van der Waals surface area (Å²) in [6, 6.07) is 5.80. The molecule has 0 bridgehead atoms. The second kappa shape index (κ2) is 4.75. The fourth-order valence-electron chi connectivity index (χ4n) is 1.99. The lowest BCUT2D eigenvalue weighted by molar-refractivity contribution is -0.118. The van der Waals surface area contributed by atoms with Gasteiger partial charge in [-0.2, -0.15) is 0 Å². The van der Waals surface area contributed by atoms with Crippen LogP contribution in [0.25, 0.3) is 0 Å². The molecule has 0 aromatic heterocycles. The van der Waals surface area contributed by atoms with Gasteiger partial charge in [-0.25, -0.2) is 0 Å². The van der Waals surface area contributed by atoms with E-state index in [0.717, 1.165) is 23.2 Å². The summed E-state index contributed by atoms with van der Waals surface area (Å²) in [5.74, 6) is 0.138. The molecule has 90 valence electrons. The third kappa shape index (κ3) is 2.58. The zero-order chi connectivity index (χ0) is 12.4. The number of carbonyl (C=O) groups is 2. The number of anilines is 1. The smallest absolute Gasteiger partial charge is 0.314 e. The number of aryl methyl sites for hydroxylation is 1. The minimum Gasteiger partial charge on any atom is -0.339 e. The van der Waals surface area contributed by atoms with Crippen LogP contribution >= 0.6 is 11.6 Å². The van der Waals surface area contributed by atoms with Crippen LogP contribution in [0.15, 0.2) is 18.2 Å². The predicted octanol–water partition coefficient (Wildman–Crippen LogP) is 2.04. The number of fused-ring (bicyclic) bond motifs is 1. The Kier molecular flexibility index (Phi) is 3.33. The number of carbonyl (C=O) groups excluding carboxylic acids is 2. The number of amides is 2. The topological polar surface area (TPSA) is 49.4 Å². The van der Waals surface area contributed by atoms with Crippen LogP contribution in [-0.2, 0) is 17.8 Å². The molecule has 4 nitrogen and oxygen atoms in total. The average molecular weight is 253 g/mol. The van der Waals surface area contributed by atoms with Gasteiger partial charge >= 0.3 is 5.37 Å². The highest BCUT2D eigenvalue weighted by Gasteiger charge is 2.20. The maximum Gasteiger partial charge on any atom is 0.314 e. The zero-order valence-electron chi connectivity index (χ0n) is 9.50. The van der Waals surface area contributed by atoms with Crippen LogP contribution in [-0.4, -0.2) is 18.3 Å². The fraction of sp³-hybridized carbons (Fsp3) is 0.333. The van der Waals surface area contributed by atoms with Crippen molar-refractivity contribution < 1.29 is 9.59 Å². The second-order valence-corrected chi connectivity index (χ2v) is 4.39. The van der Waals surface area contributed by atoms with Gasteiger partial charge in [-0.1, -0.05) is 12.1 Å². The van der Waals surface area contributed by atoms with Gasteiger partial charge in [0.1, 0.15) is 0 Å². The van der Waals surface area contributed by atoms with Gasteiger partial charge in [-0.05, 0) is 35.2 Å². The van der Waals surface area contributed by atoms with Crippen molar-refractivity contribution in [2.24, 2.45) is 0 Å². The van der Waals surface area contributed by atoms with Crippen molar-refractivity contribution in [3.05, 3.63) is 29.3 Å². The molecule has 0 saturated heterocycles. The molecule has 17 heavy (non-hydrogen) atoms. The van der Waals surface area contributed by atoms with Gasteiger partial charge in [-0.15, -0.1) is 0 Å². The number of nitrogens with zero attached hydrogens (tertiary/aromatic N) is 1. The highest BCUT2D eigenvalue weighted by Crippen LogP contribution is 2.27. The zero-order valence-corrected chi connectivity index (χ0v) is 10.3. The van der Waals surface area contributed by atoms with Gasteiger partial charge in [0.25, 0.3) is 0 Å². The van der Waals surface area contributed by atoms with Gasteiger partial charge < -0.3 is 10.2 Å². The predicted molar refractivity (Wildman–Crippen MR) is 66.3 cm³/mol.